The highest BCUT2D eigenvalue weighted by molar-refractivity contribution is 7.96. The summed E-state index contributed by atoms with van der Waals surface area (Å²) in [6.45, 7) is 3.17. The van der Waals surface area contributed by atoms with Gasteiger partial charge in [-0.2, -0.15) is 4.31 Å². The van der Waals surface area contributed by atoms with E-state index in [1.54, 1.807) is 19.1 Å². The Hall–Kier alpha value is -1.00. The lowest BCUT2D eigenvalue weighted by Gasteiger charge is -2.31. The van der Waals surface area contributed by atoms with Crippen LogP contribution in [0.15, 0.2) is 23.1 Å². The van der Waals surface area contributed by atoms with Gasteiger partial charge in [-0.05, 0) is 13.0 Å². The summed E-state index contributed by atoms with van der Waals surface area (Å²) in [6.07, 6.45) is 5.72. The zero-order valence-corrected chi connectivity index (χ0v) is 12.4. The first-order valence-corrected chi connectivity index (χ1v) is 7.96. The molecule has 0 saturated carbocycles. The average Bonchev–Trinajstić information content (AvgIpc) is 2.40. The number of sulfonamides is 1. The maximum atomic E-state index is 12.6. The molecule has 0 aromatic carbocycles. The predicted molar refractivity (Wildman–Crippen MR) is 80.2 cm³/mol. The van der Waals surface area contributed by atoms with E-state index in [0.717, 1.165) is 0 Å². The van der Waals surface area contributed by atoms with Crippen LogP contribution in [-0.4, -0.2) is 43.3 Å². The van der Waals surface area contributed by atoms with Gasteiger partial charge < -0.3 is 5.32 Å². The lowest BCUT2D eigenvalue weighted by molar-refractivity contribution is 0.334. The highest BCUT2D eigenvalue weighted by Gasteiger charge is 2.32. The molecule has 0 aromatic rings. The topological polar surface area (TPSA) is 49.4 Å². The zero-order valence-electron chi connectivity index (χ0n) is 10.7. The molecule has 1 heterocycles. The molecule has 1 fully saturated rings. The van der Waals surface area contributed by atoms with Crippen LogP contribution < -0.4 is 5.32 Å². The van der Waals surface area contributed by atoms with Gasteiger partial charge in [0.25, 0.3) is 0 Å². The van der Waals surface area contributed by atoms with Crippen LogP contribution >= 0.6 is 12.2 Å². The van der Waals surface area contributed by atoms with E-state index in [0.29, 0.717) is 30.9 Å². The summed E-state index contributed by atoms with van der Waals surface area (Å²) in [5, 5.41) is 3.19. The van der Waals surface area contributed by atoms with Gasteiger partial charge in [-0.1, -0.05) is 30.3 Å². The molecule has 1 atom stereocenters. The van der Waals surface area contributed by atoms with Crippen molar-refractivity contribution < 1.29 is 8.42 Å². The first-order chi connectivity index (χ1) is 9.05. The summed E-state index contributed by atoms with van der Waals surface area (Å²) in [4.78, 5) is 0.745. The molecule has 19 heavy (non-hydrogen) atoms. The summed E-state index contributed by atoms with van der Waals surface area (Å²) in [5.41, 5.74) is 0. The van der Waals surface area contributed by atoms with Crippen molar-refractivity contribution in [3.63, 3.8) is 0 Å². The fourth-order valence-electron chi connectivity index (χ4n) is 2.11. The Labute approximate surface area is 119 Å². The summed E-state index contributed by atoms with van der Waals surface area (Å²) >= 11 is 5.16. The van der Waals surface area contributed by atoms with Crippen LogP contribution in [-0.2, 0) is 10.0 Å². The van der Waals surface area contributed by atoms with Crippen molar-refractivity contribution in [3.8, 4) is 11.8 Å². The van der Waals surface area contributed by atoms with Crippen LogP contribution in [0.1, 0.15) is 13.3 Å². The van der Waals surface area contributed by atoms with Gasteiger partial charge in [0, 0.05) is 30.9 Å². The van der Waals surface area contributed by atoms with Crippen LogP contribution in [0.3, 0.4) is 0 Å². The van der Waals surface area contributed by atoms with Crippen LogP contribution in [0.5, 0.6) is 0 Å². The van der Waals surface area contributed by atoms with Crippen molar-refractivity contribution in [1.82, 2.24) is 9.62 Å². The molecule has 1 saturated heterocycles. The van der Waals surface area contributed by atoms with E-state index < -0.39 is 10.0 Å². The SMILES string of the molecule is CC#CC1CN(S(=O)(=O)C2=CC=CCC2=S)CCN1. The third-order valence-corrected chi connectivity index (χ3v) is 5.50. The minimum absolute atomic E-state index is 0.109. The van der Waals surface area contributed by atoms with E-state index in [2.05, 4.69) is 17.2 Å². The van der Waals surface area contributed by atoms with Crippen LogP contribution in [0, 0.1) is 11.8 Å². The maximum Gasteiger partial charge on any atom is 0.244 e. The Morgan fingerprint density at radius 3 is 3.00 bits per heavy atom. The highest BCUT2D eigenvalue weighted by Crippen LogP contribution is 2.21. The molecule has 1 aliphatic heterocycles. The molecular weight excluding hydrogens is 280 g/mol. The second kappa shape index (κ2) is 5.97. The zero-order chi connectivity index (χ0) is 13.9. The molecule has 1 unspecified atom stereocenters. The largest absolute Gasteiger partial charge is 0.301 e. The number of hydrogen-bond donors (Lipinski definition) is 1. The van der Waals surface area contributed by atoms with Gasteiger partial charge in [0.15, 0.2) is 0 Å². The fraction of sp³-hybridized carbons (Fsp3) is 0.462. The molecule has 102 valence electrons. The molecule has 2 rings (SSSR count). The molecule has 2 aliphatic rings. The standard InChI is InChI=1S/C13H16N2O2S2/c1-2-5-11-10-15(9-8-14-11)19(16,17)13-7-4-3-6-12(13)18/h3-4,7,11,14H,6,8-10H2,1H3. The first kappa shape index (κ1) is 14.4. The molecule has 4 nitrogen and oxygen atoms in total. The fourth-order valence-corrected chi connectivity index (χ4v) is 4.16. The summed E-state index contributed by atoms with van der Waals surface area (Å²) in [7, 11) is -3.49. The summed E-state index contributed by atoms with van der Waals surface area (Å²) in [6, 6.07) is -0.109. The van der Waals surface area contributed by atoms with Gasteiger partial charge in [0.05, 0.1) is 10.9 Å². The van der Waals surface area contributed by atoms with Gasteiger partial charge in [0.1, 0.15) is 0 Å². The van der Waals surface area contributed by atoms with E-state index in [9.17, 15) is 8.42 Å². The van der Waals surface area contributed by atoms with Crippen molar-refractivity contribution >= 4 is 27.1 Å². The monoisotopic (exact) mass is 296 g/mol. The second-order valence-electron chi connectivity index (χ2n) is 4.35. The maximum absolute atomic E-state index is 12.6. The number of thiocarbonyl (C=S) groups is 1. The number of hydrogen-bond acceptors (Lipinski definition) is 4. The first-order valence-electron chi connectivity index (χ1n) is 6.11. The van der Waals surface area contributed by atoms with Crippen LogP contribution in [0.4, 0.5) is 0 Å². The minimum atomic E-state index is -3.49. The molecule has 0 spiro atoms. The van der Waals surface area contributed by atoms with E-state index >= 15 is 0 Å². The summed E-state index contributed by atoms with van der Waals surface area (Å²) < 4.78 is 26.6. The van der Waals surface area contributed by atoms with Gasteiger partial charge in [-0.15, -0.1) is 5.92 Å². The molecule has 0 aromatic heterocycles. The molecule has 6 heteroatoms. The van der Waals surface area contributed by atoms with Gasteiger partial charge in [-0.3, -0.25) is 0 Å². The molecule has 0 amide bonds. The van der Waals surface area contributed by atoms with Crippen molar-refractivity contribution in [3.05, 3.63) is 23.1 Å². The van der Waals surface area contributed by atoms with Gasteiger partial charge in [-0.25, -0.2) is 8.42 Å². The molecule has 0 bridgehead atoms. The van der Waals surface area contributed by atoms with Gasteiger partial charge in [0.2, 0.25) is 10.0 Å². The summed E-state index contributed by atoms with van der Waals surface area (Å²) in [5.74, 6) is 5.78. The van der Waals surface area contributed by atoms with E-state index in [1.165, 1.54) is 4.31 Å². The molecular formula is C13H16N2O2S2. The Kier molecular flexibility index (Phi) is 4.53. The number of piperazine rings is 1. The Morgan fingerprint density at radius 1 is 1.53 bits per heavy atom. The predicted octanol–water partition coefficient (Wildman–Crippen LogP) is 0.827. The van der Waals surface area contributed by atoms with Gasteiger partial charge >= 0.3 is 0 Å². The lowest BCUT2D eigenvalue weighted by atomic mass is 10.2. The number of nitrogens with zero attached hydrogens (tertiary/aromatic N) is 1. The normalized spacial score (nSPS) is 24.6. The van der Waals surface area contributed by atoms with E-state index in [1.807, 2.05) is 6.08 Å². The van der Waals surface area contributed by atoms with Crippen molar-refractivity contribution in [2.75, 3.05) is 19.6 Å². The van der Waals surface area contributed by atoms with Crippen molar-refractivity contribution in [2.24, 2.45) is 0 Å². The number of allylic oxidation sites excluding steroid dienone is 4. The smallest absolute Gasteiger partial charge is 0.244 e. The number of rotatable bonds is 2. The Bertz CT molecular complexity index is 594. The molecule has 1 aliphatic carbocycles. The van der Waals surface area contributed by atoms with E-state index in [-0.39, 0.29) is 10.9 Å². The highest BCUT2D eigenvalue weighted by atomic mass is 32.2. The third kappa shape index (κ3) is 3.12. The van der Waals surface area contributed by atoms with Crippen LogP contribution in [0.2, 0.25) is 0 Å². The Balaban J connectivity index is 2.24. The van der Waals surface area contributed by atoms with E-state index in [4.69, 9.17) is 12.2 Å². The Morgan fingerprint density at radius 2 is 2.32 bits per heavy atom. The van der Waals surface area contributed by atoms with Crippen LogP contribution in [0.25, 0.3) is 0 Å². The minimum Gasteiger partial charge on any atom is -0.301 e. The molecule has 0 radical (unpaired) electrons. The second-order valence-corrected chi connectivity index (χ2v) is 6.75. The lowest BCUT2D eigenvalue weighted by Crippen LogP contribution is -2.52. The quantitative estimate of drug-likeness (QED) is 0.606. The third-order valence-electron chi connectivity index (χ3n) is 3.04. The van der Waals surface area contributed by atoms with Crippen molar-refractivity contribution in [2.45, 2.75) is 19.4 Å². The molecule has 1 N–H and O–H groups in total. The number of nitrogens with one attached hydrogen (secondary N) is 1. The average molecular weight is 296 g/mol. The van der Waals surface area contributed by atoms with Crippen molar-refractivity contribution in [1.29, 1.82) is 0 Å².